The number of halogens is 2. The van der Waals surface area contributed by atoms with Crippen LogP contribution in [0.15, 0.2) is 59.8 Å². The molecule has 0 saturated heterocycles. The number of phenols is 1. The predicted octanol–water partition coefficient (Wildman–Crippen LogP) is 5.08. The fourth-order valence-corrected chi connectivity index (χ4v) is 2.82. The molecule has 2 N–H and O–H groups in total. The van der Waals surface area contributed by atoms with Crippen LogP contribution in [0, 0.1) is 0 Å². The van der Waals surface area contributed by atoms with Gasteiger partial charge in [-0.3, -0.25) is 0 Å². The minimum absolute atomic E-state index is 0.0283. The summed E-state index contributed by atoms with van der Waals surface area (Å²) in [5, 5.41) is 24.6. The Morgan fingerprint density at radius 3 is 2.32 bits per heavy atom. The first-order valence-electron chi connectivity index (χ1n) is 6.51. The smallest absolute Gasteiger partial charge is 0.135 e. The Bertz CT molecular complexity index is 886. The van der Waals surface area contributed by atoms with Gasteiger partial charge >= 0.3 is 0 Å². The highest BCUT2D eigenvalue weighted by molar-refractivity contribution is 6.45. The maximum atomic E-state index is 9.60. The summed E-state index contributed by atoms with van der Waals surface area (Å²) in [7, 11) is 0. The zero-order valence-corrected chi connectivity index (χ0v) is 12.8. The lowest BCUT2D eigenvalue weighted by molar-refractivity contribution is 0.319. The number of fused-ring (bicyclic) bond motifs is 1. The third kappa shape index (κ3) is 2.39. The molecule has 3 aromatic carbocycles. The second-order valence-electron chi connectivity index (χ2n) is 4.74. The zero-order valence-electron chi connectivity index (χ0n) is 11.3. The van der Waals surface area contributed by atoms with E-state index in [2.05, 4.69) is 5.16 Å². The van der Waals surface area contributed by atoms with E-state index in [4.69, 9.17) is 23.2 Å². The van der Waals surface area contributed by atoms with Gasteiger partial charge in [-0.25, -0.2) is 0 Å². The maximum absolute atomic E-state index is 9.60. The molecule has 0 aromatic heterocycles. The van der Waals surface area contributed by atoms with Crippen molar-refractivity contribution in [3.8, 4) is 5.75 Å². The molecule has 22 heavy (non-hydrogen) atoms. The molecular formula is C17H11Cl2NO2. The van der Waals surface area contributed by atoms with Crippen LogP contribution in [0.3, 0.4) is 0 Å². The topological polar surface area (TPSA) is 52.8 Å². The minimum atomic E-state index is -0.120. The second-order valence-corrected chi connectivity index (χ2v) is 5.49. The van der Waals surface area contributed by atoms with E-state index in [1.165, 1.54) is 6.07 Å². The molecule has 0 unspecified atom stereocenters. The van der Waals surface area contributed by atoms with E-state index in [1.54, 1.807) is 6.07 Å². The van der Waals surface area contributed by atoms with Crippen LogP contribution >= 0.6 is 23.2 Å². The Morgan fingerprint density at radius 2 is 1.55 bits per heavy atom. The van der Waals surface area contributed by atoms with Crippen molar-refractivity contribution in [1.29, 1.82) is 0 Å². The number of benzene rings is 3. The highest BCUT2D eigenvalue weighted by Crippen LogP contribution is 2.35. The first kappa shape index (κ1) is 14.7. The number of aromatic hydroxyl groups is 1. The summed E-state index contributed by atoms with van der Waals surface area (Å²) in [5.41, 5.74) is 1.47. The fourth-order valence-electron chi connectivity index (χ4n) is 2.41. The molecule has 3 rings (SSSR count). The Hall–Kier alpha value is -2.23. The van der Waals surface area contributed by atoms with E-state index >= 15 is 0 Å². The minimum Gasteiger partial charge on any atom is -0.506 e. The Labute approximate surface area is 137 Å². The fraction of sp³-hybridized carbons (Fsp3) is 0. The Morgan fingerprint density at radius 1 is 0.818 bits per heavy atom. The molecule has 0 heterocycles. The van der Waals surface area contributed by atoms with Crippen LogP contribution in [-0.2, 0) is 0 Å². The Kier molecular flexibility index (Phi) is 3.92. The lowest BCUT2D eigenvalue weighted by atomic mass is 9.96. The van der Waals surface area contributed by atoms with Gasteiger partial charge in [0.1, 0.15) is 16.5 Å². The van der Waals surface area contributed by atoms with Crippen LogP contribution in [0.25, 0.3) is 10.8 Å². The molecule has 0 atom stereocenters. The maximum Gasteiger partial charge on any atom is 0.135 e. The summed E-state index contributed by atoms with van der Waals surface area (Å²) < 4.78 is 0. The summed E-state index contributed by atoms with van der Waals surface area (Å²) in [6.07, 6.45) is 0. The number of nitrogens with zero attached hydrogens (tertiary/aromatic N) is 1. The molecule has 0 aliphatic heterocycles. The van der Waals surface area contributed by atoms with Gasteiger partial charge in [0.15, 0.2) is 0 Å². The van der Waals surface area contributed by atoms with Gasteiger partial charge in [0, 0.05) is 11.1 Å². The van der Waals surface area contributed by atoms with Crippen molar-refractivity contribution in [1.82, 2.24) is 0 Å². The SMILES string of the molecule is O/N=C(\c1ccc(O)c(Cl)c1Cl)c1cccc2ccccc12. The molecular weight excluding hydrogens is 321 g/mol. The quantitative estimate of drug-likeness (QED) is 0.391. The van der Waals surface area contributed by atoms with Crippen LogP contribution in [-0.4, -0.2) is 16.0 Å². The summed E-state index contributed by atoms with van der Waals surface area (Å²) in [6, 6.07) is 16.4. The second kappa shape index (κ2) is 5.87. The molecule has 3 aromatic rings. The highest BCUT2D eigenvalue weighted by Gasteiger charge is 2.17. The Balaban J connectivity index is 2.27. The molecule has 0 bridgehead atoms. The van der Waals surface area contributed by atoms with E-state index in [9.17, 15) is 10.3 Å². The van der Waals surface area contributed by atoms with Crippen LogP contribution in [0.5, 0.6) is 5.75 Å². The first-order valence-corrected chi connectivity index (χ1v) is 7.26. The van der Waals surface area contributed by atoms with Gasteiger partial charge in [0.2, 0.25) is 0 Å². The summed E-state index contributed by atoms with van der Waals surface area (Å²) in [6.45, 7) is 0. The van der Waals surface area contributed by atoms with Gasteiger partial charge in [0.25, 0.3) is 0 Å². The van der Waals surface area contributed by atoms with Crippen molar-refractivity contribution in [2.45, 2.75) is 0 Å². The van der Waals surface area contributed by atoms with Crippen LogP contribution in [0.4, 0.5) is 0 Å². The van der Waals surface area contributed by atoms with E-state index in [0.29, 0.717) is 11.3 Å². The van der Waals surface area contributed by atoms with Crippen molar-refractivity contribution in [3.63, 3.8) is 0 Å². The van der Waals surface area contributed by atoms with Crippen LogP contribution in [0.1, 0.15) is 11.1 Å². The number of hydrogen-bond donors (Lipinski definition) is 2. The molecule has 0 radical (unpaired) electrons. The summed E-state index contributed by atoms with van der Waals surface area (Å²) in [4.78, 5) is 0. The number of rotatable bonds is 2. The van der Waals surface area contributed by atoms with Crippen LogP contribution in [0.2, 0.25) is 10.0 Å². The van der Waals surface area contributed by atoms with Crippen molar-refractivity contribution in [3.05, 3.63) is 75.8 Å². The third-order valence-corrected chi connectivity index (χ3v) is 4.33. The number of phenolic OH excluding ortho intramolecular Hbond substituents is 1. The molecule has 0 saturated carbocycles. The normalized spacial score (nSPS) is 11.8. The van der Waals surface area contributed by atoms with Gasteiger partial charge in [-0.15, -0.1) is 0 Å². The largest absolute Gasteiger partial charge is 0.506 e. The number of hydrogen-bond acceptors (Lipinski definition) is 3. The standard InChI is InChI=1S/C17H11Cl2NO2/c18-15-13(8-9-14(21)16(15)19)17(20-22)12-7-3-5-10-4-1-2-6-11(10)12/h1-9,21-22H/b20-17-. The summed E-state index contributed by atoms with van der Waals surface area (Å²) in [5.74, 6) is -0.120. The zero-order chi connectivity index (χ0) is 15.7. The molecule has 0 fully saturated rings. The van der Waals surface area contributed by atoms with E-state index in [-0.39, 0.29) is 15.8 Å². The van der Waals surface area contributed by atoms with Gasteiger partial charge < -0.3 is 10.3 Å². The van der Waals surface area contributed by atoms with Crippen molar-refractivity contribution < 1.29 is 10.3 Å². The first-order chi connectivity index (χ1) is 10.6. The van der Waals surface area contributed by atoms with Crippen molar-refractivity contribution >= 4 is 39.7 Å². The molecule has 0 amide bonds. The molecule has 0 aliphatic carbocycles. The monoisotopic (exact) mass is 331 g/mol. The highest BCUT2D eigenvalue weighted by atomic mass is 35.5. The van der Waals surface area contributed by atoms with Gasteiger partial charge in [-0.2, -0.15) is 0 Å². The third-order valence-electron chi connectivity index (χ3n) is 3.46. The van der Waals surface area contributed by atoms with E-state index in [0.717, 1.165) is 16.3 Å². The molecule has 3 nitrogen and oxygen atoms in total. The van der Waals surface area contributed by atoms with E-state index < -0.39 is 0 Å². The average Bonchev–Trinajstić information content (AvgIpc) is 2.55. The van der Waals surface area contributed by atoms with Gasteiger partial charge in [-0.05, 0) is 22.9 Å². The van der Waals surface area contributed by atoms with Gasteiger partial charge in [-0.1, -0.05) is 70.8 Å². The lowest BCUT2D eigenvalue weighted by Crippen LogP contribution is -2.05. The van der Waals surface area contributed by atoms with Crippen molar-refractivity contribution in [2.24, 2.45) is 5.16 Å². The van der Waals surface area contributed by atoms with Crippen LogP contribution < -0.4 is 0 Å². The summed E-state index contributed by atoms with van der Waals surface area (Å²) >= 11 is 12.2. The van der Waals surface area contributed by atoms with Crippen molar-refractivity contribution in [2.75, 3.05) is 0 Å². The molecule has 5 heteroatoms. The molecule has 110 valence electrons. The molecule has 0 aliphatic rings. The molecule has 0 spiro atoms. The number of oxime groups is 1. The predicted molar refractivity (Wildman–Crippen MR) is 89.5 cm³/mol. The lowest BCUT2D eigenvalue weighted by Gasteiger charge is -2.11. The van der Waals surface area contributed by atoms with Gasteiger partial charge in [0.05, 0.1) is 5.02 Å². The average molecular weight is 332 g/mol. The van der Waals surface area contributed by atoms with E-state index in [1.807, 2.05) is 42.5 Å².